The number of aryl methyl sites for hydroxylation is 2. The summed E-state index contributed by atoms with van der Waals surface area (Å²) in [4.78, 5) is 14.3. The number of benzene rings is 2. The van der Waals surface area contributed by atoms with Crippen LogP contribution in [0.15, 0.2) is 40.7 Å². The van der Waals surface area contributed by atoms with Crippen LogP contribution >= 0.6 is 23.1 Å². The Morgan fingerprint density at radius 1 is 1.16 bits per heavy atom. The largest absolute Gasteiger partial charge is 0.493 e. The highest BCUT2D eigenvalue weighted by molar-refractivity contribution is 8.01. The minimum atomic E-state index is 0.0154. The van der Waals surface area contributed by atoms with Crippen LogP contribution in [0.4, 0.5) is 10.8 Å². The summed E-state index contributed by atoms with van der Waals surface area (Å²) in [5.41, 5.74) is 4.45. The number of nitrogens with one attached hydrogen (secondary N) is 1. The third kappa shape index (κ3) is 5.92. The van der Waals surface area contributed by atoms with E-state index >= 15 is 0 Å². The topological polar surface area (TPSA) is 76.6 Å². The Labute approximate surface area is 197 Å². The van der Waals surface area contributed by atoms with Gasteiger partial charge in [0.15, 0.2) is 15.8 Å². The van der Waals surface area contributed by atoms with Crippen molar-refractivity contribution in [2.24, 2.45) is 0 Å². The zero-order chi connectivity index (χ0) is 23.1. The van der Waals surface area contributed by atoms with Crippen LogP contribution in [-0.2, 0) is 17.8 Å². The van der Waals surface area contributed by atoms with Crippen molar-refractivity contribution in [2.75, 3.05) is 32.3 Å². The molecule has 0 aliphatic rings. The van der Waals surface area contributed by atoms with E-state index in [4.69, 9.17) is 9.47 Å². The summed E-state index contributed by atoms with van der Waals surface area (Å²) in [6, 6.07) is 11.9. The van der Waals surface area contributed by atoms with Crippen molar-refractivity contribution in [2.45, 2.75) is 31.2 Å². The van der Waals surface area contributed by atoms with Crippen LogP contribution in [0.25, 0.3) is 0 Å². The monoisotopic (exact) mass is 472 g/mol. The number of carbonyl (C=O) groups is 1. The minimum absolute atomic E-state index is 0.0154. The van der Waals surface area contributed by atoms with E-state index in [9.17, 15) is 4.79 Å². The molecule has 0 atom stereocenters. The molecule has 9 heteroatoms. The average Bonchev–Trinajstić information content (AvgIpc) is 3.26. The molecule has 3 aromatic rings. The second-order valence-corrected chi connectivity index (χ2v) is 9.39. The van der Waals surface area contributed by atoms with Gasteiger partial charge >= 0.3 is 0 Å². The van der Waals surface area contributed by atoms with E-state index in [1.807, 2.05) is 18.2 Å². The number of thioether (sulfide) groups is 1. The SMILES string of the molecule is CCc1cccc(C)c1Nc1nnc(SCC(=O)N(C)Cc2ccc(OC)c(OC)c2)s1. The highest BCUT2D eigenvalue weighted by atomic mass is 32.2. The van der Waals surface area contributed by atoms with Gasteiger partial charge in [0.2, 0.25) is 11.0 Å². The molecule has 0 aliphatic heterocycles. The van der Waals surface area contributed by atoms with Gasteiger partial charge in [-0.25, -0.2) is 0 Å². The van der Waals surface area contributed by atoms with E-state index in [2.05, 4.69) is 47.6 Å². The molecule has 0 bridgehead atoms. The molecule has 2 aromatic carbocycles. The fourth-order valence-electron chi connectivity index (χ4n) is 3.20. The van der Waals surface area contributed by atoms with Crippen molar-refractivity contribution in [1.29, 1.82) is 0 Å². The van der Waals surface area contributed by atoms with Gasteiger partial charge in [-0.2, -0.15) is 0 Å². The Morgan fingerprint density at radius 2 is 1.94 bits per heavy atom. The molecule has 1 heterocycles. The van der Waals surface area contributed by atoms with Gasteiger partial charge in [0, 0.05) is 19.3 Å². The van der Waals surface area contributed by atoms with Crippen LogP contribution in [0, 0.1) is 6.92 Å². The lowest BCUT2D eigenvalue weighted by Crippen LogP contribution is -2.27. The Bertz CT molecular complexity index is 1070. The number of ether oxygens (including phenoxy) is 2. The van der Waals surface area contributed by atoms with Crippen molar-refractivity contribution in [3.8, 4) is 11.5 Å². The molecule has 0 aliphatic carbocycles. The maximum absolute atomic E-state index is 12.6. The number of hydrogen-bond acceptors (Lipinski definition) is 8. The first kappa shape index (κ1) is 23.9. The number of amides is 1. The Morgan fingerprint density at radius 3 is 2.66 bits per heavy atom. The second kappa shape index (κ2) is 11.2. The molecule has 3 rings (SSSR count). The number of carbonyl (C=O) groups excluding carboxylic acids is 1. The van der Waals surface area contributed by atoms with Crippen molar-refractivity contribution in [1.82, 2.24) is 15.1 Å². The maximum Gasteiger partial charge on any atom is 0.233 e. The number of nitrogens with zero attached hydrogens (tertiary/aromatic N) is 3. The van der Waals surface area contributed by atoms with Crippen molar-refractivity contribution >= 4 is 39.8 Å². The standard InChI is InChI=1S/C23H28N4O3S2/c1-6-17-9-7-8-15(2)21(17)24-22-25-26-23(32-22)31-14-20(28)27(3)13-16-10-11-18(29-4)19(12-16)30-5/h7-12H,6,13-14H2,1-5H3,(H,24,25). The summed E-state index contributed by atoms with van der Waals surface area (Å²) >= 11 is 2.85. The number of aromatic nitrogens is 2. The third-order valence-electron chi connectivity index (χ3n) is 4.99. The van der Waals surface area contributed by atoms with Crippen molar-refractivity contribution in [3.63, 3.8) is 0 Å². The van der Waals surface area contributed by atoms with E-state index in [0.29, 0.717) is 23.8 Å². The number of rotatable bonds is 10. The molecule has 1 aromatic heterocycles. The summed E-state index contributed by atoms with van der Waals surface area (Å²) in [5, 5.41) is 12.6. The first-order valence-electron chi connectivity index (χ1n) is 10.2. The number of anilines is 2. The van der Waals surface area contributed by atoms with Gasteiger partial charge in [-0.1, -0.05) is 54.3 Å². The summed E-state index contributed by atoms with van der Waals surface area (Å²) in [5.74, 6) is 1.62. The van der Waals surface area contributed by atoms with Crippen LogP contribution in [0.5, 0.6) is 11.5 Å². The predicted molar refractivity (Wildman–Crippen MR) is 130 cm³/mol. The van der Waals surface area contributed by atoms with E-state index in [1.54, 1.807) is 26.2 Å². The highest BCUT2D eigenvalue weighted by Crippen LogP contribution is 2.31. The van der Waals surface area contributed by atoms with Gasteiger partial charge in [0.05, 0.1) is 20.0 Å². The van der Waals surface area contributed by atoms with E-state index < -0.39 is 0 Å². The summed E-state index contributed by atoms with van der Waals surface area (Å²) < 4.78 is 11.4. The molecule has 0 unspecified atom stereocenters. The number of methoxy groups -OCH3 is 2. The van der Waals surface area contributed by atoms with Crippen molar-refractivity contribution < 1.29 is 14.3 Å². The molecule has 1 N–H and O–H groups in total. The molecule has 1 amide bonds. The molecule has 0 radical (unpaired) electrons. The minimum Gasteiger partial charge on any atom is -0.493 e. The fourth-order valence-corrected chi connectivity index (χ4v) is 4.90. The molecular formula is C23H28N4O3S2. The summed E-state index contributed by atoms with van der Waals surface area (Å²) in [6.45, 7) is 4.69. The quantitative estimate of drug-likeness (QED) is 0.420. The summed E-state index contributed by atoms with van der Waals surface area (Å²) in [6.07, 6.45) is 0.936. The molecule has 170 valence electrons. The predicted octanol–water partition coefficient (Wildman–Crippen LogP) is 4.92. The second-order valence-electron chi connectivity index (χ2n) is 7.19. The van der Waals surface area contributed by atoms with Gasteiger partial charge in [-0.15, -0.1) is 10.2 Å². The molecule has 32 heavy (non-hydrogen) atoms. The molecule has 0 fully saturated rings. The maximum atomic E-state index is 12.6. The number of para-hydroxylation sites is 1. The molecule has 0 saturated carbocycles. The van der Waals surface area contributed by atoms with Crippen molar-refractivity contribution in [3.05, 3.63) is 53.1 Å². The molecule has 0 spiro atoms. The third-order valence-corrected chi connectivity index (χ3v) is 6.95. The van der Waals surface area contributed by atoms with Gasteiger partial charge in [0.1, 0.15) is 0 Å². The molecule has 7 nitrogen and oxygen atoms in total. The van der Waals surface area contributed by atoms with Gasteiger partial charge in [-0.3, -0.25) is 4.79 Å². The lowest BCUT2D eigenvalue weighted by molar-refractivity contribution is -0.127. The van der Waals surface area contributed by atoms with E-state index in [0.717, 1.165) is 27.1 Å². The van der Waals surface area contributed by atoms with Crippen LogP contribution in [0.2, 0.25) is 0 Å². The zero-order valence-electron chi connectivity index (χ0n) is 19.0. The fraction of sp³-hybridized carbons (Fsp3) is 0.348. The molecule has 0 saturated heterocycles. The lowest BCUT2D eigenvalue weighted by Gasteiger charge is -2.18. The smallest absolute Gasteiger partial charge is 0.233 e. The van der Waals surface area contributed by atoms with E-state index in [-0.39, 0.29) is 5.91 Å². The van der Waals surface area contributed by atoms with Gasteiger partial charge in [-0.05, 0) is 42.2 Å². The average molecular weight is 473 g/mol. The van der Waals surface area contributed by atoms with Crippen LogP contribution in [-0.4, -0.2) is 48.0 Å². The van der Waals surface area contributed by atoms with Crippen LogP contribution < -0.4 is 14.8 Å². The van der Waals surface area contributed by atoms with Crippen LogP contribution in [0.1, 0.15) is 23.6 Å². The Kier molecular flexibility index (Phi) is 8.35. The Hall–Kier alpha value is -2.78. The summed E-state index contributed by atoms with van der Waals surface area (Å²) in [7, 11) is 4.99. The number of hydrogen-bond donors (Lipinski definition) is 1. The first-order valence-corrected chi connectivity index (χ1v) is 12.0. The highest BCUT2D eigenvalue weighted by Gasteiger charge is 2.14. The van der Waals surface area contributed by atoms with Gasteiger partial charge < -0.3 is 19.7 Å². The zero-order valence-corrected chi connectivity index (χ0v) is 20.6. The molecular weight excluding hydrogens is 444 g/mol. The van der Waals surface area contributed by atoms with E-state index in [1.165, 1.54) is 34.2 Å². The lowest BCUT2D eigenvalue weighted by atomic mass is 10.1. The normalized spacial score (nSPS) is 10.7. The van der Waals surface area contributed by atoms with Crippen LogP contribution in [0.3, 0.4) is 0 Å². The Balaban J connectivity index is 1.56. The van der Waals surface area contributed by atoms with Gasteiger partial charge in [0.25, 0.3) is 0 Å². The first-order chi connectivity index (χ1) is 15.4.